The summed E-state index contributed by atoms with van der Waals surface area (Å²) in [7, 11) is 1.66. The summed E-state index contributed by atoms with van der Waals surface area (Å²) in [5.74, 6) is 1.68. The van der Waals surface area contributed by atoms with Gasteiger partial charge >= 0.3 is 0 Å². The summed E-state index contributed by atoms with van der Waals surface area (Å²) in [5, 5.41) is 6.96. The number of aromatic nitrogens is 1. The van der Waals surface area contributed by atoms with E-state index < -0.39 is 0 Å². The third kappa shape index (κ3) is 4.61. The second kappa shape index (κ2) is 9.01. The van der Waals surface area contributed by atoms with Gasteiger partial charge in [-0.15, -0.1) is 11.3 Å². The molecule has 0 aliphatic rings. The lowest BCUT2D eigenvalue weighted by molar-refractivity contribution is 0.317. The van der Waals surface area contributed by atoms with Gasteiger partial charge in [0, 0.05) is 10.9 Å². The van der Waals surface area contributed by atoms with Crippen LogP contribution in [0, 0.1) is 0 Å². The van der Waals surface area contributed by atoms with E-state index in [9.17, 15) is 0 Å². The molecule has 0 fully saturated rings. The van der Waals surface area contributed by atoms with E-state index in [1.165, 1.54) is 11.3 Å². The second-order valence-corrected chi connectivity index (χ2v) is 6.38. The van der Waals surface area contributed by atoms with Crippen molar-refractivity contribution < 1.29 is 9.47 Å². The molecule has 0 spiro atoms. The number of thiazole rings is 1. The Morgan fingerprint density at radius 1 is 1.15 bits per heavy atom. The van der Waals surface area contributed by atoms with Crippen molar-refractivity contribution in [2.24, 2.45) is 5.10 Å². The minimum absolute atomic E-state index is 0.727. The molecule has 134 valence electrons. The maximum absolute atomic E-state index is 5.57. The van der Waals surface area contributed by atoms with Crippen LogP contribution >= 0.6 is 11.3 Å². The number of hydrogen-bond donors (Lipinski definition) is 1. The SMILES string of the molecule is CCCOc1ccc(/C=N\Nc2nc(-c3ccccc3OC)cs2)cc1. The molecule has 0 atom stereocenters. The number of ether oxygens (including phenoxy) is 2. The molecule has 0 amide bonds. The predicted molar refractivity (Wildman–Crippen MR) is 108 cm³/mol. The molecule has 1 aromatic heterocycles. The Labute approximate surface area is 157 Å². The Bertz CT molecular complexity index is 860. The summed E-state index contributed by atoms with van der Waals surface area (Å²) in [6, 6.07) is 15.7. The molecule has 1 N–H and O–H groups in total. The van der Waals surface area contributed by atoms with E-state index in [2.05, 4.69) is 22.4 Å². The van der Waals surface area contributed by atoms with Crippen molar-refractivity contribution in [2.75, 3.05) is 19.1 Å². The highest BCUT2D eigenvalue weighted by atomic mass is 32.1. The molecule has 0 saturated heterocycles. The Morgan fingerprint density at radius 3 is 2.73 bits per heavy atom. The van der Waals surface area contributed by atoms with E-state index in [0.29, 0.717) is 0 Å². The normalized spacial score (nSPS) is 10.8. The second-order valence-electron chi connectivity index (χ2n) is 5.53. The fourth-order valence-corrected chi connectivity index (χ4v) is 3.00. The van der Waals surface area contributed by atoms with Crippen molar-refractivity contribution >= 4 is 22.7 Å². The average Bonchev–Trinajstić information content (AvgIpc) is 3.16. The van der Waals surface area contributed by atoms with E-state index in [1.54, 1.807) is 13.3 Å². The smallest absolute Gasteiger partial charge is 0.203 e. The van der Waals surface area contributed by atoms with Crippen molar-refractivity contribution in [3.05, 3.63) is 59.5 Å². The lowest BCUT2D eigenvalue weighted by Crippen LogP contribution is -1.95. The summed E-state index contributed by atoms with van der Waals surface area (Å²) in [6.07, 6.45) is 2.76. The molecule has 0 bridgehead atoms. The monoisotopic (exact) mass is 367 g/mol. The van der Waals surface area contributed by atoms with Gasteiger partial charge in [0.1, 0.15) is 11.5 Å². The van der Waals surface area contributed by atoms with Gasteiger partial charge in [0.25, 0.3) is 0 Å². The number of methoxy groups -OCH3 is 1. The van der Waals surface area contributed by atoms with Crippen molar-refractivity contribution in [3.63, 3.8) is 0 Å². The molecule has 5 nitrogen and oxygen atoms in total. The quantitative estimate of drug-likeness (QED) is 0.447. The van der Waals surface area contributed by atoms with Crippen LogP contribution in [0.4, 0.5) is 5.13 Å². The van der Waals surface area contributed by atoms with Crippen LogP contribution in [0.3, 0.4) is 0 Å². The van der Waals surface area contributed by atoms with Crippen LogP contribution in [-0.4, -0.2) is 24.9 Å². The Balaban J connectivity index is 1.62. The van der Waals surface area contributed by atoms with Crippen LogP contribution in [0.25, 0.3) is 11.3 Å². The summed E-state index contributed by atoms with van der Waals surface area (Å²) >= 11 is 1.50. The number of benzene rings is 2. The van der Waals surface area contributed by atoms with Gasteiger partial charge in [-0.05, 0) is 48.4 Å². The highest BCUT2D eigenvalue weighted by Gasteiger charge is 2.08. The summed E-state index contributed by atoms with van der Waals surface area (Å²) in [4.78, 5) is 4.56. The minimum Gasteiger partial charge on any atom is -0.496 e. The largest absolute Gasteiger partial charge is 0.496 e. The number of anilines is 1. The zero-order valence-electron chi connectivity index (χ0n) is 14.8. The molecule has 0 unspecified atom stereocenters. The maximum Gasteiger partial charge on any atom is 0.203 e. The fourth-order valence-electron chi connectivity index (χ4n) is 2.34. The summed E-state index contributed by atoms with van der Waals surface area (Å²) < 4.78 is 11.0. The highest BCUT2D eigenvalue weighted by Crippen LogP contribution is 2.31. The van der Waals surface area contributed by atoms with E-state index in [0.717, 1.165) is 46.5 Å². The first-order valence-corrected chi connectivity index (χ1v) is 9.29. The van der Waals surface area contributed by atoms with E-state index in [4.69, 9.17) is 9.47 Å². The van der Waals surface area contributed by atoms with Crippen LogP contribution in [0.15, 0.2) is 59.0 Å². The molecule has 2 aromatic carbocycles. The van der Waals surface area contributed by atoms with Crippen molar-refractivity contribution in [3.8, 4) is 22.8 Å². The third-order valence-corrected chi connectivity index (χ3v) is 4.36. The van der Waals surface area contributed by atoms with Gasteiger partial charge in [-0.3, -0.25) is 5.43 Å². The summed E-state index contributed by atoms with van der Waals surface area (Å²) in [5.41, 5.74) is 5.79. The lowest BCUT2D eigenvalue weighted by atomic mass is 10.1. The number of rotatable bonds is 8. The Morgan fingerprint density at radius 2 is 1.96 bits per heavy atom. The molecule has 3 rings (SSSR count). The number of para-hydroxylation sites is 1. The standard InChI is InChI=1S/C20H21N3O2S/c1-3-12-25-16-10-8-15(9-11-16)13-21-23-20-22-18(14-26-20)17-6-4-5-7-19(17)24-2/h4-11,13-14H,3,12H2,1-2H3,(H,22,23)/b21-13-. The highest BCUT2D eigenvalue weighted by molar-refractivity contribution is 7.14. The number of nitrogens with zero attached hydrogens (tertiary/aromatic N) is 2. The first-order valence-electron chi connectivity index (χ1n) is 8.41. The van der Waals surface area contributed by atoms with E-state index in [-0.39, 0.29) is 0 Å². The van der Waals surface area contributed by atoms with Gasteiger partial charge in [-0.25, -0.2) is 4.98 Å². The minimum atomic E-state index is 0.727. The van der Waals surface area contributed by atoms with Gasteiger partial charge in [-0.2, -0.15) is 5.10 Å². The molecule has 6 heteroatoms. The molecule has 1 heterocycles. The molecular formula is C20H21N3O2S. The number of nitrogens with one attached hydrogen (secondary N) is 1. The average molecular weight is 367 g/mol. The molecule has 0 aliphatic heterocycles. The van der Waals surface area contributed by atoms with Crippen molar-refractivity contribution in [1.82, 2.24) is 4.98 Å². The molecule has 0 aliphatic carbocycles. The molecule has 26 heavy (non-hydrogen) atoms. The van der Waals surface area contributed by atoms with Crippen LogP contribution in [0.5, 0.6) is 11.5 Å². The maximum atomic E-state index is 5.57. The Kier molecular flexibility index (Phi) is 6.22. The van der Waals surface area contributed by atoms with Gasteiger partial charge < -0.3 is 9.47 Å². The van der Waals surface area contributed by atoms with Crippen LogP contribution in [-0.2, 0) is 0 Å². The zero-order chi connectivity index (χ0) is 18.2. The lowest BCUT2D eigenvalue weighted by Gasteiger charge is -2.04. The van der Waals surface area contributed by atoms with Crippen LogP contribution < -0.4 is 14.9 Å². The zero-order valence-corrected chi connectivity index (χ0v) is 15.6. The molecule has 0 saturated carbocycles. The third-order valence-electron chi connectivity index (χ3n) is 3.61. The molecular weight excluding hydrogens is 346 g/mol. The van der Waals surface area contributed by atoms with Gasteiger partial charge in [0.2, 0.25) is 5.13 Å². The van der Waals surface area contributed by atoms with E-state index in [1.807, 2.05) is 53.9 Å². The van der Waals surface area contributed by atoms with Gasteiger partial charge in [0.05, 0.1) is 25.6 Å². The topological polar surface area (TPSA) is 55.7 Å². The van der Waals surface area contributed by atoms with Gasteiger partial charge in [0.15, 0.2) is 0 Å². The fraction of sp³-hybridized carbons (Fsp3) is 0.200. The predicted octanol–water partition coefficient (Wildman–Crippen LogP) is 5.05. The van der Waals surface area contributed by atoms with Crippen LogP contribution in [0.2, 0.25) is 0 Å². The Hall–Kier alpha value is -2.86. The number of hydrazone groups is 1. The molecule has 0 radical (unpaired) electrons. The van der Waals surface area contributed by atoms with Gasteiger partial charge in [-0.1, -0.05) is 19.1 Å². The first kappa shape index (κ1) is 17.9. The number of hydrogen-bond acceptors (Lipinski definition) is 6. The van der Waals surface area contributed by atoms with Crippen molar-refractivity contribution in [1.29, 1.82) is 0 Å². The first-order chi connectivity index (χ1) is 12.8. The molecule has 3 aromatic rings. The van der Waals surface area contributed by atoms with Crippen LogP contribution in [0.1, 0.15) is 18.9 Å². The van der Waals surface area contributed by atoms with Crippen molar-refractivity contribution in [2.45, 2.75) is 13.3 Å². The van der Waals surface area contributed by atoms with E-state index >= 15 is 0 Å². The summed E-state index contributed by atoms with van der Waals surface area (Å²) in [6.45, 7) is 2.82.